The Kier molecular flexibility index (Phi) is 5.65. The third kappa shape index (κ3) is 4.03. The highest BCUT2D eigenvalue weighted by atomic mass is 35.5. The number of amides is 2. The lowest BCUT2D eigenvalue weighted by molar-refractivity contribution is -0.119. The Hall–Kier alpha value is -2.91. The van der Waals surface area contributed by atoms with E-state index in [4.69, 9.17) is 16.6 Å². The van der Waals surface area contributed by atoms with Gasteiger partial charge in [-0.05, 0) is 73.9 Å². The average Bonchev–Trinajstić information content (AvgIpc) is 3.62. The predicted molar refractivity (Wildman–Crippen MR) is 142 cm³/mol. The number of nitrogens with one attached hydrogen (secondary N) is 2. The van der Waals surface area contributed by atoms with Crippen molar-refractivity contribution in [2.75, 3.05) is 23.3 Å². The number of carbonyl (C=O) groups excluding carboxylic acids is 1. The zero-order valence-corrected chi connectivity index (χ0v) is 22.2. The minimum absolute atomic E-state index is 0.00647. The van der Waals surface area contributed by atoms with Gasteiger partial charge in [0.25, 0.3) is 0 Å². The lowest BCUT2D eigenvalue weighted by Crippen LogP contribution is -2.50. The fourth-order valence-electron chi connectivity index (χ4n) is 6.10. The average molecular weight is 525 g/mol. The van der Waals surface area contributed by atoms with Crippen molar-refractivity contribution in [3.05, 3.63) is 40.0 Å². The van der Waals surface area contributed by atoms with Crippen LogP contribution in [0.1, 0.15) is 63.1 Å². The van der Waals surface area contributed by atoms with E-state index in [1.54, 1.807) is 4.90 Å². The molecule has 2 aromatic rings. The molecule has 1 spiro atoms. The first-order valence-electron chi connectivity index (χ1n) is 13.1. The zero-order chi connectivity index (χ0) is 26.1. The summed E-state index contributed by atoms with van der Waals surface area (Å²) >= 11 is 6.81. The van der Waals surface area contributed by atoms with Gasteiger partial charge < -0.3 is 20.6 Å². The van der Waals surface area contributed by atoms with Gasteiger partial charge in [0.15, 0.2) is 0 Å². The SMILES string of the molecule is CC(C)(C)C1Cc2cc(N3C(=O)C4(CC4)c4cnc(NC5CCNCC5)nc43)c(Cl)cc2CN1C(=O)O. The highest BCUT2D eigenvalue weighted by molar-refractivity contribution is 6.34. The van der Waals surface area contributed by atoms with Crippen LogP contribution in [0.3, 0.4) is 0 Å². The molecule has 3 N–H and O–H groups in total. The number of hydrogen-bond donors (Lipinski definition) is 3. The van der Waals surface area contributed by atoms with E-state index in [1.165, 1.54) is 4.90 Å². The molecule has 3 aliphatic heterocycles. The van der Waals surface area contributed by atoms with E-state index in [-0.39, 0.29) is 23.9 Å². The molecule has 1 aromatic carbocycles. The van der Waals surface area contributed by atoms with Crippen molar-refractivity contribution in [3.63, 3.8) is 0 Å². The first-order chi connectivity index (χ1) is 17.6. The highest BCUT2D eigenvalue weighted by Gasteiger charge is 2.61. The maximum atomic E-state index is 13.8. The zero-order valence-electron chi connectivity index (χ0n) is 21.5. The number of hydrogen-bond acceptors (Lipinski definition) is 6. The normalized spacial score (nSPS) is 22.7. The molecule has 196 valence electrons. The summed E-state index contributed by atoms with van der Waals surface area (Å²) < 4.78 is 0. The quantitative estimate of drug-likeness (QED) is 0.543. The number of benzene rings is 1. The summed E-state index contributed by atoms with van der Waals surface area (Å²) in [7, 11) is 0. The molecule has 10 heteroatoms. The third-order valence-electron chi connectivity index (χ3n) is 8.42. The van der Waals surface area contributed by atoms with Gasteiger partial charge in [0, 0.05) is 30.4 Å². The van der Waals surface area contributed by atoms with Crippen LogP contribution in [0.4, 0.5) is 22.2 Å². The number of aromatic nitrogens is 2. The number of fused-ring (bicyclic) bond motifs is 3. The van der Waals surface area contributed by atoms with E-state index in [2.05, 4.69) is 36.4 Å². The number of rotatable bonds is 3. The number of carboxylic acid groups (broad SMARTS) is 1. The van der Waals surface area contributed by atoms with E-state index in [1.807, 2.05) is 18.3 Å². The van der Waals surface area contributed by atoms with E-state index >= 15 is 0 Å². The third-order valence-corrected chi connectivity index (χ3v) is 8.72. The molecule has 0 bridgehead atoms. The summed E-state index contributed by atoms with van der Waals surface area (Å²) in [6.45, 7) is 8.35. The van der Waals surface area contributed by atoms with E-state index in [0.717, 1.165) is 55.5 Å². The lowest BCUT2D eigenvalue weighted by atomic mass is 9.78. The van der Waals surface area contributed by atoms with Crippen molar-refractivity contribution in [1.82, 2.24) is 20.2 Å². The van der Waals surface area contributed by atoms with Gasteiger partial charge in [-0.1, -0.05) is 32.4 Å². The van der Waals surface area contributed by atoms with Crippen molar-refractivity contribution >= 4 is 41.1 Å². The molecule has 1 saturated carbocycles. The Balaban J connectivity index is 1.39. The van der Waals surface area contributed by atoms with Crippen molar-refractivity contribution in [2.24, 2.45) is 5.41 Å². The Morgan fingerprint density at radius 1 is 1.22 bits per heavy atom. The highest BCUT2D eigenvalue weighted by Crippen LogP contribution is 2.59. The topological polar surface area (TPSA) is 111 Å². The van der Waals surface area contributed by atoms with Crippen LogP contribution in [0.2, 0.25) is 5.02 Å². The standard InChI is InChI=1S/C27H33ClN6O3/c1-26(2,3)21-12-15-11-20(19(28)10-16(15)14-33(21)25(36)37)34-22-18(27(6-7-27)23(34)35)13-30-24(32-22)31-17-4-8-29-9-5-17/h10-11,13,17,21,29H,4-9,12,14H2,1-3H3,(H,36,37)(H,30,31,32). The van der Waals surface area contributed by atoms with Crippen LogP contribution in [0, 0.1) is 5.41 Å². The first kappa shape index (κ1) is 24.4. The maximum absolute atomic E-state index is 13.8. The van der Waals surface area contributed by atoms with Gasteiger partial charge in [-0.3, -0.25) is 9.69 Å². The summed E-state index contributed by atoms with van der Waals surface area (Å²) in [5.74, 6) is 1.12. The second kappa shape index (κ2) is 8.56. The minimum Gasteiger partial charge on any atom is -0.465 e. The number of piperidine rings is 1. The molecular formula is C27H33ClN6O3. The molecule has 0 radical (unpaired) electrons. The fraction of sp³-hybridized carbons (Fsp3) is 0.556. The first-order valence-corrected chi connectivity index (χ1v) is 13.5. The monoisotopic (exact) mass is 524 g/mol. The van der Waals surface area contributed by atoms with Crippen LogP contribution in [0.5, 0.6) is 0 Å². The van der Waals surface area contributed by atoms with Gasteiger partial charge >= 0.3 is 6.09 Å². The number of halogens is 1. The van der Waals surface area contributed by atoms with E-state index in [9.17, 15) is 14.7 Å². The van der Waals surface area contributed by atoms with Gasteiger partial charge in [-0.15, -0.1) is 0 Å². The predicted octanol–water partition coefficient (Wildman–Crippen LogP) is 4.45. The molecule has 2 fully saturated rings. The van der Waals surface area contributed by atoms with Gasteiger partial charge in [0.2, 0.25) is 11.9 Å². The number of anilines is 3. The van der Waals surface area contributed by atoms with Crippen molar-refractivity contribution in [1.29, 1.82) is 0 Å². The van der Waals surface area contributed by atoms with Crippen molar-refractivity contribution in [3.8, 4) is 0 Å². The molecule has 9 nitrogen and oxygen atoms in total. The number of nitrogens with zero attached hydrogens (tertiary/aromatic N) is 4. The van der Waals surface area contributed by atoms with Crippen LogP contribution in [-0.2, 0) is 23.2 Å². The molecular weight excluding hydrogens is 492 g/mol. The molecule has 1 saturated heterocycles. The second-order valence-electron chi connectivity index (χ2n) is 11.9. The molecule has 6 rings (SSSR count). The van der Waals surface area contributed by atoms with Crippen LogP contribution >= 0.6 is 11.6 Å². The smallest absolute Gasteiger partial charge is 0.407 e. The fourth-order valence-corrected chi connectivity index (χ4v) is 6.37. The Labute approximate surface area is 221 Å². The number of carbonyl (C=O) groups is 2. The van der Waals surface area contributed by atoms with E-state index < -0.39 is 11.5 Å². The second-order valence-corrected chi connectivity index (χ2v) is 12.3. The molecule has 1 unspecified atom stereocenters. The lowest BCUT2D eigenvalue weighted by Gasteiger charge is -2.42. The van der Waals surface area contributed by atoms with Gasteiger partial charge in [0.05, 0.1) is 16.1 Å². The van der Waals surface area contributed by atoms with Crippen LogP contribution in [-0.4, -0.2) is 57.1 Å². The molecule has 1 atom stereocenters. The molecule has 37 heavy (non-hydrogen) atoms. The summed E-state index contributed by atoms with van der Waals surface area (Å²) in [6.07, 6.45) is 4.97. The Morgan fingerprint density at radius 3 is 2.59 bits per heavy atom. The minimum atomic E-state index is -0.935. The van der Waals surface area contributed by atoms with Gasteiger partial charge in [-0.25, -0.2) is 9.78 Å². The maximum Gasteiger partial charge on any atom is 0.407 e. The Bertz CT molecular complexity index is 1280. The molecule has 1 aromatic heterocycles. The molecule has 1 aliphatic carbocycles. The van der Waals surface area contributed by atoms with Crippen LogP contribution in [0.25, 0.3) is 0 Å². The van der Waals surface area contributed by atoms with Crippen molar-refractivity contribution in [2.45, 2.75) is 76.9 Å². The summed E-state index contributed by atoms with van der Waals surface area (Å²) in [6, 6.07) is 3.90. The van der Waals surface area contributed by atoms with Crippen LogP contribution in [0.15, 0.2) is 18.3 Å². The molecule has 4 heterocycles. The summed E-state index contributed by atoms with van der Waals surface area (Å²) in [5, 5.41) is 17.1. The van der Waals surface area contributed by atoms with E-state index in [0.29, 0.717) is 34.9 Å². The molecule has 2 amide bonds. The largest absolute Gasteiger partial charge is 0.465 e. The molecule has 4 aliphatic rings. The van der Waals surface area contributed by atoms with Crippen LogP contribution < -0.4 is 15.5 Å². The summed E-state index contributed by atoms with van der Waals surface area (Å²) in [4.78, 5) is 38.5. The van der Waals surface area contributed by atoms with Gasteiger partial charge in [0.1, 0.15) is 5.82 Å². The van der Waals surface area contributed by atoms with Gasteiger partial charge in [-0.2, -0.15) is 4.98 Å². The summed E-state index contributed by atoms with van der Waals surface area (Å²) in [5.41, 5.74) is 2.57. The van der Waals surface area contributed by atoms with Crippen molar-refractivity contribution < 1.29 is 14.7 Å². The Morgan fingerprint density at radius 2 is 1.95 bits per heavy atom.